The smallest absolute Gasteiger partial charge is 0.240 e. The minimum Gasteiger partial charge on any atom is -0.284 e. The molecule has 1 N–H and O–H groups in total. The SMILES string of the molecule is O=C1CC2(CCCCCC2)C(=O)N1c1cn[nH]c1. The van der Waals surface area contributed by atoms with Crippen LogP contribution in [0.5, 0.6) is 0 Å². The molecule has 1 aromatic rings. The summed E-state index contributed by atoms with van der Waals surface area (Å²) in [6, 6.07) is 0. The number of anilines is 1. The van der Waals surface area contributed by atoms with Gasteiger partial charge in [0.1, 0.15) is 0 Å². The Morgan fingerprint density at radius 3 is 2.50 bits per heavy atom. The van der Waals surface area contributed by atoms with Gasteiger partial charge in [-0.2, -0.15) is 5.10 Å². The van der Waals surface area contributed by atoms with Gasteiger partial charge in [-0.25, -0.2) is 4.90 Å². The Kier molecular flexibility index (Phi) is 2.69. The van der Waals surface area contributed by atoms with Gasteiger partial charge in [-0.15, -0.1) is 0 Å². The third-order valence-electron chi connectivity index (χ3n) is 4.20. The first-order chi connectivity index (χ1) is 8.73. The lowest BCUT2D eigenvalue weighted by atomic mass is 9.79. The number of carbonyl (C=O) groups excluding carboxylic acids is 2. The number of nitrogens with one attached hydrogen (secondary N) is 1. The minimum atomic E-state index is -0.426. The summed E-state index contributed by atoms with van der Waals surface area (Å²) in [4.78, 5) is 26.1. The molecule has 1 saturated carbocycles. The van der Waals surface area contributed by atoms with Crippen LogP contribution in [0.1, 0.15) is 44.9 Å². The standard InChI is InChI=1S/C13H17N3O2/c17-11-7-13(5-3-1-2-4-6-13)12(18)16(11)10-8-14-15-9-10/h8-9H,1-7H2,(H,14,15). The Morgan fingerprint density at radius 1 is 1.17 bits per heavy atom. The van der Waals surface area contributed by atoms with Crippen LogP contribution in [0.3, 0.4) is 0 Å². The van der Waals surface area contributed by atoms with E-state index in [2.05, 4.69) is 10.2 Å². The lowest BCUT2D eigenvalue weighted by molar-refractivity contribution is -0.126. The predicted molar refractivity (Wildman–Crippen MR) is 65.8 cm³/mol. The van der Waals surface area contributed by atoms with Crippen LogP contribution in [0.15, 0.2) is 12.4 Å². The molecule has 2 heterocycles. The summed E-state index contributed by atoms with van der Waals surface area (Å²) >= 11 is 0. The number of hydrogen-bond acceptors (Lipinski definition) is 3. The van der Waals surface area contributed by atoms with Gasteiger partial charge in [0.15, 0.2) is 0 Å². The second kappa shape index (κ2) is 4.23. The summed E-state index contributed by atoms with van der Waals surface area (Å²) < 4.78 is 0. The molecule has 2 aliphatic rings. The third-order valence-corrected chi connectivity index (χ3v) is 4.20. The maximum Gasteiger partial charge on any atom is 0.240 e. The molecule has 0 atom stereocenters. The fraction of sp³-hybridized carbons (Fsp3) is 0.615. The fourth-order valence-corrected chi connectivity index (χ4v) is 3.22. The van der Waals surface area contributed by atoms with Gasteiger partial charge in [0.05, 0.1) is 17.3 Å². The topological polar surface area (TPSA) is 66.1 Å². The first-order valence-corrected chi connectivity index (χ1v) is 6.59. The zero-order chi connectivity index (χ0) is 12.6. The maximum atomic E-state index is 12.6. The van der Waals surface area contributed by atoms with Crippen LogP contribution in [0.2, 0.25) is 0 Å². The van der Waals surface area contributed by atoms with Crippen LogP contribution in [0, 0.1) is 5.41 Å². The number of hydrogen-bond donors (Lipinski definition) is 1. The molecule has 1 spiro atoms. The number of aromatic amines is 1. The monoisotopic (exact) mass is 247 g/mol. The third kappa shape index (κ3) is 1.65. The number of aromatic nitrogens is 2. The van der Waals surface area contributed by atoms with E-state index in [1.165, 1.54) is 23.9 Å². The highest BCUT2D eigenvalue weighted by Crippen LogP contribution is 2.45. The van der Waals surface area contributed by atoms with Gasteiger partial charge < -0.3 is 0 Å². The first kappa shape index (κ1) is 11.4. The maximum absolute atomic E-state index is 12.6. The second-order valence-electron chi connectivity index (χ2n) is 5.36. The molecule has 5 nitrogen and oxygen atoms in total. The van der Waals surface area contributed by atoms with Gasteiger partial charge in [-0.1, -0.05) is 25.7 Å². The molecule has 2 amide bonds. The Hall–Kier alpha value is -1.65. The van der Waals surface area contributed by atoms with Crippen LogP contribution < -0.4 is 4.90 Å². The van der Waals surface area contributed by atoms with Gasteiger partial charge in [-0.05, 0) is 12.8 Å². The van der Waals surface area contributed by atoms with Crippen LogP contribution in [0.4, 0.5) is 5.69 Å². The lowest BCUT2D eigenvalue weighted by Crippen LogP contribution is -2.35. The van der Waals surface area contributed by atoms with E-state index >= 15 is 0 Å². The van der Waals surface area contributed by atoms with Crippen LogP contribution in [-0.4, -0.2) is 22.0 Å². The molecule has 5 heteroatoms. The largest absolute Gasteiger partial charge is 0.284 e. The Balaban J connectivity index is 1.92. The number of H-pyrrole nitrogens is 1. The summed E-state index contributed by atoms with van der Waals surface area (Å²) in [6.07, 6.45) is 9.67. The van der Waals surface area contributed by atoms with Gasteiger partial charge >= 0.3 is 0 Å². The molecule has 96 valence electrons. The van der Waals surface area contributed by atoms with Crippen molar-refractivity contribution >= 4 is 17.5 Å². The molecular weight excluding hydrogens is 230 g/mol. The average Bonchev–Trinajstić information content (AvgIpc) is 2.84. The van der Waals surface area contributed by atoms with Crippen molar-refractivity contribution in [1.82, 2.24) is 10.2 Å². The lowest BCUT2D eigenvalue weighted by Gasteiger charge is -2.24. The van der Waals surface area contributed by atoms with E-state index in [1.54, 1.807) is 6.20 Å². The van der Waals surface area contributed by atoms with Crippen molar-refractivity contribution in [2.24, 2.45) is 5.41 Å². The van der Waals surface area contributed by atoms with E-state index in [1.807, 2.05) is 0 Å². The van der Waals surface area contributed by atoms with Crippen LogP contribution in [-0.2, 0) is 9.59 Å². The number of rotatable bonds is 1. The molecule has 18 heavy (non-hydrogen) atoms. The number of amides is 2. The summed E-state index contributed by atoms with van der Waals surface area (Å²) in [5.41, 5.74) is 0.149. The molecule has 3 rings (SSSR count). The molecule has 1 saturated heterocycles. The minimum absolute atomic E-state index is 0.0178. The molecule has 1 aliphatic carbocycles. The van der Waals surface area contributed by atoms with E-state index in [0.717, 1.165) is 25.7 Å². The van der Waals surface area contributed by atoms with E-state index in [4.69, 9.17) is 0 Å². The van der Waals surface area contributed by atoms with Gasteiger partial charge in [-0.3, -0.25) is 14.7 Å². The van der Waals surface area contributed by atoms with Gasteiger partial charge in [0.25, 0.3) is 0 Å². The molecule has 0 radical (unpaired) electrons. The molecular formula is C13H17N3O2. The Labute approximate surface area is 106 Å². The van der Waals surface area contributed by atoms with Crippen molar-refractivity contribution in [3.05, 3.63) is 12.4 Å². The van der Waals surface area contributed by atoms with Crippen LogP contribution in [0.25, 0.3) is 0 Å². The van der Waals surface area contributed by atoms with Crippen molar-refractivity contribution in [2.45, 2.75) is 44.9 Å². The fourth-order valence-electron chi connectivity index (χ4n) is 3.22. The molecule has 0 aromatic carbocycles. The number of carbonyl (C=O) groups is 2. The Bertz CT molecular complexity index is 459. The number of imide groups is 1. The zero-order valence-electron chi connectivity index (χ0n) is 10.3. The molecule has 0 bridgehead atoms. The van der Waals surface area contributed by atoms with E-state index < -0.39 is 5.41 Å². The summed E-state index contributed by atoms with van der Waals surface area (Å²) in [5.74, 6) is -0.0981. The Morgan fingerprint density at radius 2 is 1.89 bits per heavy atom. The van der Waals surface area contributed by atoms with Crippen molar-refractivity contribution in [3.63, 3.8) is 0 Å². The first-order valence-electron chi connectivity index (χ1n) is 6.59. The highest BCUT2D eigenvalue weighted by Gasteiger charge is 2.51. The van der Waals surface area contributed by atoms with E-state index in [9.17, 15) is 9.59 Å². The molecule has 1 aliphatic heterocycles. The molecule has 1 aromatic heterocycles. The highest BCUT2D eigenvalue weighted by atomic mass is 16.2. The molecule has 0 unspecified atom stereocenters. The molecule has 2 fully saturated rings. The van der Waals surface area contributed by atoms with Crippen LogP contribution >= 0.6 is 0 Å². The summed E-state index contributed by atoms with van der Waals surface area (Å²) in [5, 5.41) is 6.47. The zero-order valence-corrected chi connectivity index (χ0v) is 10.3. The van der Waals surface area contributed by atoms with E-state index in [-0.39, 0.29) is 11.8 Å². The van der Waals surface area contributed by atoms with Crippen molar-refractivity contribution < 1.29 is 9.59 Å². The van der Waals surface area contributed by atoms with Crippen molar-refractivity contribution in [1.29, 1.82) is 0 Å². The highest BCUT2D eigenvalue weighted by molar-refractivity contribution is 6.22. The quantitative estimate of drug-likeness (QED) is 0.772. The van der Waals surface area contributed by atoms with E-state index in [0.29, 0.717) is 12.1 Å². The van der Waals surface area contributed by atoms with Crippen molar-refractivity contribution in [2.75, 3.05) is 4.90 Å². The average molecular weight is 247 g/mol. The van der Waals surface area contributed by atoms with Gasteiger partial charge in [0, 0.05) is 12.6 Å². The summed E-state index contributed by atoms with van der Waals surface area (Å²) in [6.45, 7) is 0. The normalized spacial score (nSPS) is 23.7. The number of nitrogens with zero attached hydrogens (tertiary/aromatic N) is 2. The summed E-state index contributed by atoms with van der Waals surface area (Å²) in [7, 11) is 0. The van der Waals surface area contributed by atoms with Gasteiger partial charge in [0.2, 0.25) is 11.8 Å². The second-order valence-corrected chi connectivity index (χ2v) is 5.36. The van der Waals surface area contributed by atoms with Crippen molar-refractivity contribution in [3.8, 4) is 0 Å². The predicted octanol–water partition coefficient (Wildman–Crippen LogP) is 2.01.